The van der Waals surface area contributed by atoms with Crippen molar-refractivity contribution in [3.8, 4) is 5.75 Å². The molecule has 1 heterocycles. The highest BCUT2D eigenvalue weighted by atomic mass is 35.5. The van der Waals surface area contributed by atoms with Gasteiger partial charge in [0.05, 0.1) is 20.5 Å². The molecule has 1 amide bonds. The Labute approximate surface area is 170 Å². The van der Waals surface area contributed by atoms with Gasteiger partial charge in [-0.1, -0.05) is 35.3 Å². The van der Waals surface area contributed by atoms with Crippen molar-refractivity contribution >= 4 is 46.6 Å². The minimum absolute atomic E-state index is 0.0926. The summed E-state index contributed by atoms with van der Waals surface area (Å²) in [5.74, 6) is 0.640. The zero-order valence-electron chi connectivity index (χ0n) is 14.4. The minimum atomic E-state index is -0.476. The van der Waals surface area contributed by atoms with Gasteiger partial charge in [-0.3, -0.25) is 14.9 Å². The average Bonchev–Trinajstić information content (AvgIpc) is 3.08. The predicted octanol–water partition coefficient (Wildman–Crippen LogP) is 4.80. The van der Waals surface area contributed by atoms with Gasteiger partial charge in [0.1, 0.15) is 12.0 Å². The lowest BCUT2D eigenvalue weighted by Crippen LogP contribution is -2.38. The molecular weight excluding hydrogens is 411 g/mol. The first-order valence-electron chi connectivity index (χ1n) is 8.13. The smallest absolute Gasteiger partial charge is 0.311 e. The maximum absolute atomic E-state index is 12.9. The molecule has 2 aromatic carbocycles. The Morgan fingerprint density at radius 2 is 2.04 bits per heavy atom. The van der Waals surface area contributed by atoms with Crippen LogP contribution in [0.5, 0.6) is 5.75 Å². The molecule has 142 valence electrons. The third kappa shape index (κ3) is 4.31. The van der Waals surface area contributed by atoms with Crippen LogP contribution in [0.2, 0.25) is 10.0 Å². The number of amides is 1. The maximum atomic E-state index is 12.9. The van der Waals surface area contributed by atoms with Gasteiger partial charge in [0, 0.05) is 18.4 Å². The van der Waals surface area contributed by atoms with E-state index in [0.717, 1.165) is 11.3 Å². The molecule has 1 saturated heterocycles. The lowest BCUT2D eigenvalue weighted by molar-refractivity contribution is -0.385. The van der Waals surface area contributed by atoms with Gasteiger partial charge in [-0.2, -0.15) is 0 Å². The number of benzene rings is 2. The predicted molar refractivity (Wildman–Crippen MR) is 107 cm³/mol. The van der Waals surface area contributed by atoms with Crippen molar-refractivity contribution in [3.05, 3.63) is 67.7 Å². The van der Waals surface area contributed by atoms with Crippen LogP contribution in [-0.2, 0) is 0 Å². The van der Waals surface area contributed by atoms with Gasteiger partial charge >= 0.3 is 5.69 Å². The number of nitrogens with zero attached hydrogens (tertiary/aromatic N) is 2. The Morgan fingerprint density at radius 1 is 1.33 bits per heavy atom. The van der Waals surface area contributed by atoms with Crippen molar-refractivity contribution in [1.82, 2.24) is 4.90 Å². The Hall–Kier alpha value is -1.96. The molecule has 0 spiro atoms. The van der Waals surface area contributed by atoms with Crippen molar-refractivity contribution < 1.29 is 14.5 Å². The van der Waals surface area contributed by atoms with Crippen LogP contribution in [0.1, 0.15) is 15.9 Å². The number of rotatable bonds is 5. The van der Waals surface area contributed by atoms with Gasteiger partial charge in [0.25, 0.3) is 5.91 Å². The fourth-order valence-corrected chi connectivity index (χ4v) is 4.47. The van der Waals surface area contributed by atoms with Crippen LogP contribution in [0.3, 0.4) is 0 Å². The summed E-state index contributed by atoms with van der Waals surface area (Å²) in [5.41, 5.74) is 0.939. The first-order chi connectivity index (χ1) is 12.9. The van der Waals surface area contributed by atoms with Gasteiger partial charge in [0.2, 0.25) is 0 Å². The first kappa shape index (κ1) is 19.8. The molecule has 0 aromatic heterocycles. The molecule has 0 N–H and O–H groups in total. The molecule has 0 radical (unpaired) electrons. The molecule has 3 rings (SSSR count). The molecule has 0 aliphatic carbocycles. The molecule has 27 heavy (non-hydrogen) atoms. The molecule has 1 fully saturated rings. The summed E-state index contributed by atoms with van der Waals surface area (Å²) in [6.07, 6.45) is 0. The van der Waals surface area contributed by atoms with Crippen LogP contribution in [-0.4, -0.2) is 40.0 Å². The van der Waals surface area contributed by atoms with Crippen molar-refractivity contribution in [2.75, 3.05) is 18.9 Å². The van der Waals surface area contributed by atoms with Gasteiger partial charge in [-0.05, 0) is 30.7 Å². The number of halogens is 2. The highest BCUT2D eigenvalue weighted by Crippen LogP contribution is 2.33. The molecular formula is C18H16Cl2N2O4S. The molecule has 9 heteroatoms. The first-order valence-corrected chi connectivity index (χ1v) is 9.93. The number of nitro groups is 1. The second-order valence-electron chi connectivity index (χ2n) is 5.96. The topological polar surface area (TPSA) is 72.7 Å². The molecule has 1 atom stereocenters. The average molecular weight is 427 g/mol. The van der Waals surface area contributed by atoms with Gasteiger partial charge in [-0.25, -0.2) is 0 Å². The molecule has 1 aliphatic rings. The van der Waals surface area contributed by atoms with Crippen molar-refractivity contribution in [2.24, 2.45) is 0 Å². The molecule has 1 aliphatic heterocycles. The maximum Gasteiger partial charge on any atom is 0.311 e. The Morgan fingerprint density at radius 3 is 2.70 bits per heavy atom. The summed E-state index contributed by atoms with van der Waals surface area (Å²) in [4.78, 5) is 25.3. The van der Waals surface area contributed by atoms with Crippen LogP contribution in [0, 0.1) is 17.0 Å². The van der Waals surface area contributed by atoms with E-state index in [0.29, 0.717) is 16.6 Å². The SMILES string of the molecule is Cc1ccc(OCC2SCCN2C(=O)c2c(Cl)cccc2Cl)c([N+](=O)[O-])c1. The second-order valence-corrected chi connectivity index (χ2v) is 8.06. The molecule has 6 nitrogen and oxygen atoms in total. The van der Waals surface area contributed by atoms with E-state index < -0.39 is 4.92 Å². The molecule has 0 bridgehead atoms. The fourth-order valence-electron chi connectivity index (χ4n) is 2.79. The number of carbonyl (C=O) groups is 1. The monoisotopic (exact) mass is 426 g/mol. The van der Waals surface area contributed by atoms with Crippen LogP contribution in [0.4, 0.5) is 5.69 Å². The van der Waals surface area contributed by atoms with Crippen LogP contribution >= 0.6 is 35.0 Å². The lowest BCUT2D eigenvalue weighted by atomic mass is 10.2. The van der Waals surface area contributed by atoms with Crippen LogP contribution in [0.25, 0.3) is 0 Å². The van der Waals surface area contributed by atoms with E-state index in [1.165, 1.54) is 6.07 Å². The molecule has 0 saturated carbocycles. The number of aryl methyl sites for hydroxylation is 1. The van der Waals surface area contributed by atoms with E-state index in [1.807, 2.05) is 0 Å². The third-order valence-electron chi connectivity index (χ3n) is 4.12. The minimum Gasteiger partial charge on any atom is -0.484 e. The number of hydrogen-bond donors (Lipinski definition) is 0. The fraction of sp³-hybridized carbons (Fsp3) is 0.278. The Bertz CT molecular complexity index is 873. The van der Waals surface area contributed by atoms with Crippen molar-refractivity contribution in [1.29, 1.82) is 0 Å². The zero-order chi connectivity index (χ0) is 19.6. The Kier molecular flexibility index (Phi) is 6.14. The van der Waals surface area contributed by atoms with Gasteiger partial charge in [0.15, 0.2) is 5.75 Å². The number of carbonyl (C=O) groups excluding carboxylic acids is 1. The summed E-state index contributed by atoms with van der Waals surface area (Å²) in [5, 5.41) is 11.5. The Balaban J connectivity index is 1.76. The third-order valence-corrected chi connectivity index (χ3v) is 5.94. The molecule has 1 unspecified atom stereocenters. The van der Waals surface area contributed by atoms with E-state index >= 15 is 0 Å². The van der Waals surface area contributed by atoms with Crippen LogP contribution < -0.4 is 4.74 Å². The second kappa shape index (κ2) is 8.37. The largest absolute Gasteiger partial charge is 0.484 e. The van der Waals surface area contributed by atoms with E-state index in [-0.39, 0.29) is 34.9 Å². The highest BCUT2D eigenvalue weighted by Gasteiger charge is 2.33. The van der Waals surface area contributed by atoms with Crippen molar-refractivity contribution in [2.45, 2.75) is 12.3 Å². The van der Waals surface area contributed by atoms with Gasteiger partial charge < -0.3 is 9.64 Å². The van der Waals surface area contributed by atoms with Crippen LogP contribution in [0.15, 0.2) is 36.4 Å². The molecule has 2 aromatic rings. The summed E-state index contributed by atoms with van der Waals surface area (Å²) in [7, 11) is 0. The quantitative estimate of drug-likeness (QED) is 0.506. The normalized spacial score (nSPS) is 16.4. The highest BCUT2D eigenvalue weighted by molar-refractivity contribution is 8.00. The van der Waals surface area contributed by atoms with E-state index in [2.05, 4.69) is 0 Å². The van der Waals surface area contributed by atoms with E-state index in [1.54, 1.807) is 53.9 Å². The van der Waals surface area contributed by atoms with Crippen molar-refractivity contribution in [3.63, 3.8) is 0 Å². The number of hydrogen-bond acceptors (Lipinski definition) is 5. The summed E-state index contributed by atoms with van der Waals surface area (Å²) in [6.45, 7) is 2.43. The zero-order valence-corrected chi connectivity index (χ0v) is 16.7. The number of nitro benzene ring substituents is 1. The summed E-state index contributed by atoms with van der Waals surface area (Å²) >= 11 is 13.8. The standard InChI is InChI=1S/C18H16Cl2N2O4S/c1-11-5-6-15(14(9-11)22(24)25)26-10-16-21(7-8-27-16)18(23)17-12(19)3-2-4-13(17)20/h2-6,9,16H,7-8,10H2,1H3. The van der Waals surface area contributed by atoms with Gasteiger partial charge in [-0.15, -0.1) is 11.8 Å². The van der Waals surface area contributed by atoms with E-state index in [4.69, 9.17) is 27.9 Å². The number of thioether (sulfide) groups is 1. The lowest BCUT2D eigenvalue weighted by Gasteiger charge is -2.24. The summed E-state index contributed by atoms with van der Waals surface area (Å²) < 4.78 is 5.69. The summed E-state index contributed by atoms with van der Waals surface area (Å²) in [6, 6.07) is 9.69. The van der Waals surface area contributed by atoms with E-state index in [9.17, 15) is 14.9 Å². The number of ether oxygens (including phenoxy) is 1.